The lowest BCUT2D eigenvalue weighted by Crippen LogP contribution is -2.12. The van der Waals surface area contributed by atoms with E-state index in [2.05, 4.69) is 34.5 Å². The number of H-pyrrole nitrogens is 1. The van der Waals surface area contributed by atoms with Gasteiger partial charge >= 0.3 is 0 Å². The Morgan fingerprint density at radius 3 is 2.94 bits per heavy atom. The van der Waals surface area contributed by atoms with Crippen molar-refractivity contribution in [2.45, 2.75) is 24.7 Å². The Labute approximate surface area is 110 Å². The molecule has 1 heterocycles. The first-order chi connectivity index (χ1) is 8.77. The first kappa shape index (κ1) is 10.3. The van der Waals surface area contributed by atoms with E-state index in [0.717, 1.165) is 5.82 Å². The molecule has 0 amide bonds. The fourth-order valence-corrected chi connectivity index (χ4v) is 3.61. The van der Waals surface area contributed by atoms with Crippen LogP contribution >= 0.6 is 12.2 Å². The van der Waals surface area contributed by atoms with E-state index in [4.69, 9.17) is 18.1 Å². The van der Waals surface area contributed by atoms with Gasteiger partial charge in [0.1, 0.15) is 0 Å². The number of hydrogen-bond donors (Lipinski definition) is 2. The molecule has 1 aromatic heterocycles. The Hall–Kier alpha value is -1.62. The van der Waals surface area contributed by atoms with E-state index in [1.54, 1.807) is 0 Å². The molecule has 0 spiro atoms. The molecule has 1 fully saturated rings. The summed E-state index contributed by atoms with van der Waals surface area (Å²) in [5.41, 5.74) is 2.96. The number of nitrogens with zero attached hydrogens (tertiary/aromatic N) is 2. The molecule has 2 aliphatic carbocycles. The van der Waals surface area contributed by atoms with Gasteiger partial charge in [-0.15, -0.1) is 0 Å². The van der Waals surface area contributed by atoms with Crippen molar-refractivity contribution in [2.24, 2.45) is 5.92 Å². The Kier molecular flexibility index (Phi) is 1.97. The van der Waals surface area contributed by atoms with Crippen molar-refractivity contribution in [1.29, 1.82) is 0 Å². The number of rotatable bonds is 1. The number of nitrogen functional groups attached to an aromatic ring is 1. The van der Waals surface area contributed by atoms with Gasteiger partial charge in [-0.05, 0) is 48.0 Å². The molecular formula is C13H14N4S. The fourth-order valence-electron chi connectivity index (χ4n) is 3.47. The molecule has 4 nitrogen and oxygen atoms in total. The second kappa shape index (κ2) is 3.45. The molecule has 2 aromatic rings. The summed E-state index contributed by atoms with van der Waals surface area (Å²) in [4.78, 5) is 0. The lowest BCUT2D eigenvalue weighted by molar-refractivity contribution is 0.650. The minimum atomic E-state index is 0.437. The molecule has 5 heteroatoms. The van der Waals surface area contributed by atoms with Crippen LogP contribution in [0.4, 0.5) is 0 Å². The van der Waals surface area contributed by atoms with Crippen molar-refractivity contribution >= 4 is 12.2 Å². The summed E-state index contributed by atoms with van der Waals surface area (Å²) in [7, 11) is 0. The van der Waals surface area contributed by atoms with Crippen molar-refractivity contribution in [2.75, 3.05) is 5.84 Å². The third-order valence-electron chi connectivity index (χ3n) is 4.36. The second-order valence-electron chi connectivity index (χ2n) is 5.21. The maximum absolute atomic E-state index is 5.94. The van der Waals surface area contributed by atoms with Gasteiger partial charge in [-0.3, -0.25) is 5.10 Å². The summed E-state index contributed by atoms with van der Waals surface area (Å²) in [5, 5.41) is 7.08. The number of nitrogens with two attached hydrogens (primary N) is 1. The minimum absolute atomic E-state index is 0.437. The zero-order valence-electron chi connectivity index (χ0n) is 9.84. The molecular weight excluding hydrogens is 244 g/mol. The molecule has 0 radical (unpaired) electrons. The van der Waals surface area contributed by atoms with Crippen LogP contribution in [0.15, 0.2) is 24.3 Å². The predicted octanol–water partition coefficient (Wildman–Crippen LogP) is 2.10. The molecule has 18 heavy (non-hydrogen) atoms. The van der Waals surface area contributed by atoms with Crippen LogP contribution in [-0.2, 0) is 6.42 Å². The molecule has 0 saturated heterocycles. The van der Waals surface area contributed by atoms with Crippen molar-refractivity contribution in [1.82, 2.24) is 14.9 Å². The number of aromatic amines is 1. The van der Waals surface area contributed by atoms with Crippen molar-refractivity contribution in [3.8, 4) is 0 Å². The first-order valence-corrected chi connectivity index (χ1v) is 6.68. The first-order valence-electron chi connectivity index (χ1n) is 6.27. The lowest BCUT2D eigenvalue weighted by atomic mass is 9.92. The molecule has 3 atom stereocenters. The Morgan fingerprint density at radius 1 is 1.33 bits per heavy atom. The zero-order chi connectivity index (χ0) is 12.3. The maximum atomic E-state index is 5.94. The van der Waals surface area contributed by atoms with Crippen LogP contribution in [-0.4, -0.2) is 14.9 Å². The average Bonchev–Trinajstić information content (AvgIpc) is 3.05. The summed E-state index contributed by atoms with van der Waals surface area (Å²) in [6.45, 7) is 0. The summed E-state index contributed by atoms with van der Waals surface area (Å²) in [5.74, 6) is 8.56. The van der Waals surface area contributed by atoms with E-state index in [0.29, 0.717) is 22.5 Å². The van der Waals surface area contributed by atoms with Gasteiger partial charge in [-0.1, -0.05) is 24.3 Å². The monoisotopic (exact) mass is 258 g/mol. The SMILES string of the molecule is Nn1c(C2C3CCc4ccccc4C32)n[nH]c1=S. The van der Waals surface area contributed by atoms with Gasteiger partial charge < -0.3 is 5.84 Å². The number of aryl methyl sites for hydroxylation is 1. The highest BCUT2D eigenvalue weighted by Crippen LogP contribution is 2.64. The van der Waals surface area contributed by atoms with Crippen LogP contribution in [0.2, 0.25) is 0 Å². The lowest BCUT2D eigenvalue weighted by Gasteiger charge is -2.13. The standard InChI is InChI=1S/C13H14N4S/c14-17-12(15-16-13(17)18)11-9-6-5-7-3-1-2-4-8(7)10(9)11/h1-4,9-11H,5-6,14H2,(H,16,18). The van der Waals surface area contributed by atoms with E-state index in [-0.39, 0.29) is 0 Å². The predicted molar refractivity (Wildman–Crippen MR) is 71.3 cm³/mol. The minimum Gasteiger partial charge on any atom is -0.335 e. The maximum Gasteiger partial charge on any atom is 0.214 e. The number of nitrogens with one attached hydrogen (secondary N) is 1. The van der Waals surface area contributed by atoms with Gasteiger partial charge in [-0.2, -0.15) is 5.10 Å². The zero-order valence-corrected chi connectivity index (χ0v) is 10.7. The van der Waals surface area contributed by atoms with Crippen molar-refractivity contribution < 1.29 is 0 Å². The Morgan fingerprint density at radius 2 is 2.17 bits per heavy atom. The molecule has 4 rings (SSSR count). The highest BCUT2D eigenvalue weighted by molar-refractivity contribution is 7.71. The van der Waals surface area contributed by atoms with Crippen molar-refractivity contribution in [3.63, 3.8) is 0 Å². The van der Waals surface area contributed by atoms with E-state index < -0.39 is 0 Å². The Balaban J connectivity index is 1.77. The van der Waals surface area contributed by atoms with Gasteiger partial charge in [0.25, 0.3) is 0 Å². The van der Waals surface area contributed by atoms with Crippen LogP contribution in [0.5, 0.6) is 0 Å². The number of aromatic nitrogens is 3. The van der Waals surface area contributed by atoms with Crippen molar-refractivity contribution in [3.05, 3.63) is 46.0 Å². The molecule has 1 aromatic carbocycles. The topological polar surface area (TPSA) is 59.6 Å². The molecule has 0 bridgehead atoms. The fraction of sp³-hybridized carbons (Fsp3) is 0.385. The van der Waals surface area contributed by atoms with E-state index in [9.17, 15) is 0 Å². The highest BCUT2D eigenvalue weighted by atomic mass is 32.1. The highest BCUT2D eigenvalue weighted by Gasteiger charge is 2.56. The third kappa shape index (κ3) is 1.25. The van der Waals surface area contributed by atoms with Gasteiger partial charge in [0.05, 0.1) is 0 Å². The molecule has 3 N–H and O–H groups in total. The van der Waals surface area contributed by atoms with E-state index >= 15 is 0 Å². The van der Waals surface area contributed by atoms with E-state index in [1.165, 1.54) is 28.6 Å². The van der Waals surface area contributed by atoms with Crippen LogP contribution in [0.3, 0.4) is 0 Å². The largest absolute Gasteiger partial charge is 0.335 e. The smallest absolute Gasteiger partial charge is 0.214 e. The summed E-state index contributed by atoms with van der Waals surface area (Å²) >= 11 is 5.08. The molecule has 3 unspecified atom stereocenters. The quantitative estimate of drug-likeness (QED) is 0.608. The molecule has 92 valence electrons. The number of fused-ring (bicyclic) bond motifs is 3. The number of hydrogen-bond acceptors (Lipinski definition) is 3. The normalized spacial score (nSPS) is 28.6. The third-order valence-corrected chi connectivity index (χ3v) is 4.65. The summed E-state index contributed by atoms with van der Waals surface area (Å²) in [6, 6.07) is 8.72. The summed E-state index contributed by atoms with van der Waals surface area (Å²) in [6.07, 6.45) is 2.40. The van der Waals surface area contributed by atoms with Crippen LogP contribution in [0.1, 0.15) is 35.2 Å². The van der Waals surface area contributed by atoms with Crippen LogP contribution < -0.4 is 5.84 Å². The van der Waals surface area contributed by atoms with Gasteiger partial charge in [-0.25, -0.2) is 4.68 Å². The average molecular weight is 258 g/mol. The second-order valence-corrected chi connectivity index (χ2v) is 5.60. The van der Waals surface area contributed by atoms with E-state index in [1.807, 2.05) is 0 Å². The van der Waals surface area contributed by atoms with Gasteiger partial charge in [0, 0.05) is 5.92 Å². The van der Waals surface area contributed by atoms with Gasteiger partial charge in [0.2, 0.25) is 4.77 Å². The summed E-state index contributed by atoms with van der Waals surface area (Å²) < 4.78 is 2.03. The van der Waals surface area contributed by atoms with Gasteiger partial charge in [0.15, 0.2) is 5.82 Å². The molecule has 2 aliphatic rings. The van der Waals surface area contributed by atoms with Crippen LogP contribution in [0, 0.1) is 10.7 Å². The number of benzene rings is 1. The molecule has 1 saturated carbocycles. The Bertz CT molecular complexity index is 672. The van der Waals surface area contributed by atoms with Crippen LogP contribution in [0.25, 0.3) is 0 Å². The molecule has 0 aliphatic heterocycles.